The first-order valence-corrected chi connectivity index (χ1v) is 10.9. The second-order valence-corrected chi connectivity index (χ2v) is 8.47. The number of benzene rings is 1. The highest BCUT2D eigenvalue weighted by Crippen LogP contribution is 2.27. The highest BCUT2D eigenvalue weighted by atomic mass is 32.1. The summed E-state index contributed by atoms with van der Waals surface area (Å²) >= 11 is 1.23. The normalized spacial score (nSPS) is 12.4. The van der Waals surface area contributed by atoms with E-state index in [4.69, 9.17) is 9.84 Å². The fourth-order valence-electron chi connectivity index (χ4n) is 3.62. The van der Waals surface area contributed by atoms with Gasteiger partial charge in [-0.05, 0) is 35.4 Å². The molecule has 0 fully saturated rings. The lowest BCUT2D eigenvalue weighted by Crippen LogP contribution is -2.13. The van der Waals surface area contributed by atoms with E-state index in [2.05, 4.69) is 28.3 Å². The number of hydrogen-bond acceptors (Lipinski definition) is 7. The molecule has 9 nitrogen and oxygen atoms in total. The van der Waals surface area contributed by atoms with Crippen molar-refractivity contribution in [3.63, 3.8) is 0 Å². The summed E-state index contributed by atoms with van der Waals surface area (Å²) in [6.07, 6.45) is 7.21. The highest BCUT2D eigenvalue weighted by Gasteiger charge is 2.15. The molecule has 1 atom stereocenters. The minimum Gasteiger partial charge on any atom is -0.364 e. The van der Waals surface area contributed by atoms with E-state index < -0.39 is 0 Å². The summed E-state index contributed by atoms with van der Waals surface area (Å²) in [4.78, 5) is 16.7. The first-order chi connectivity index (χ1) is 15.6. The molecule has 0 aliphatic heterocycles. The average Bonchev–Trinajstić information content (AvgIpc) is 3.55. The Balaban J connectivity index is 1.36. The third-order valence-electron chi connectivity index (χ3n) is 5.36. The van der Waals surface area contributed by atoms with Crippen LogP contribution in [0.3, 0.4) is 0 Å². The van der Waals surface area contributed by atoms with Crippen LogP contribution in [0.4, 0.5) is 0 Å². The number of rotatable bonds is 7. The number of aromatic nitrogens is 7. The molecule has 0 radical (unpaired) electrons. The van der Waals surface area contributed by atoms with Crippen molar-refractivity contribution >= 4 is 21.6 Å². The van der Waals surface area contributed by atoms with Gasteiger partial charge in [0.2, 0.25) is 0 Å². The molecule has 0 N–H and O–H groups in total. The molecule has 1 aromatic carbocycles. The molecule has 162 valence electrons. The molecular formula is C22H21N7O2S. The zero-order chi connectivity index (χ0) is 22.1. The molecule has 0 aliphatic carbocycles. The van der Waals surface area contributed by atoms with Crippen LogP contribution in [0.2, 0.25) is 0 Å². The van der Waals surface area contributed by atoms with Gasteiger partial charge in [0.1, 0.15) is 6.73 Å². The van der Waals surface area contributed by atoms with Crippen LogP contribution in [-0.4, -0.2) is 41.4 Å². The largest absolute Gasteiger partial charge is 0.364 e. The van der Waals surface area contributed by atoms with Crippen molar-refractivity contribution in [3.05, 3.63) is 87.7 Å². The molecule has 5 rings (SSSR count). The van der Waals surface area contributed by atoms with Crippen LogP contribution in [0.15, 0.2) is 66.0 Å². The molecule has 0 bridgehead atoms. The SMILES string of the molecule is COCn1c(=O)sc2cc(C(C)c3ccn(-c4ccc(Cn5ccnn5)cn4)n3)ccc21. The first kappa shape index (κ1) is 20.3. The van der Waals surface area contributed by atoms with Gasteiger partial charge in [-0.15, -0.1) is 5.10 Å². The van der Waals surface area contributed by atoms with Crippen LogP contribution in [-0.2, 0) is 18.0 Å². The van der Waals surface area contributed by atoms with E-state index in [1.165, 1.54) is 11.3 Å². The van der Waals surface area contributed by atoms with Crippen LogP contribution in [0.5, 0.6) is 0 Å². The Kier molecular flexibility index (Phi) is 5.38. The van der Waals surface area contributed by atoms with Gasteiger partial charge in [0.05, 0.1) is 28.7 Å². The quantitative estimate of drug-likeness (QED) is 0.381. The van der Waals surface area contributed by atoms with Gasteiger partial charge in [-0.1, -0.05) is 35.6 Å². The molecule has 0 amide bonds. The summed E-state index contributed by atoms with van der Waals surface area (Å²) in [5, 5.41) is 12.5. The molecular weight excluding hydrogens is 426 g/mol. The zero-order valence-corrected chi connectivity index (χ0v) is 18.4. The predicted molar refractivity (Wildman–Crippen MR) is 121 cm³/mol. The van der Waals surface area contributed by atoms with Crippen LogP contribution in [0.1, 0.15) is 29.7 Å². The second-order valence-electron chi connectivity index (χ2n) is 7.47. The minimum atomic E-state index is -0.0192. The van der Waals surface area contributed by atoms with Gasteiger partial charge in [-0.25, -0.2) is 14.3 Å². The van der Waals surface area contributed by atoms with Crippen molar-refractivity contribution < 1.29 is 4.74 Å². The zero-order valence-electron chi connectivity index (χ0n) is 17.6. The summed E-state index contributed by atoms with van der Waals surface area (Å²) in [6, 6.07) is 12.0. The number of thiazole rings is 1. The van der Waals surface area contributed by atoms with E-state index in [0.717, 1.165) is 32.9 Å². The standard InChI is InChI=1S/C22H21N7O2S/c1-15(17-4-5-19-20(11-17)32-22(30)28(19)14-31-2)18-7-9-29(25-18)21-6-3-16(12-23-21)13-27-10-8-24-26-27/h3-12,15H,13-14H2,1-2H3. The third kappa shape index (κ3) is 3.85. The molecule has 5 aromatic rings. The van der Waals surface area contributed by atoms with E-state index in [1.807, 2.05) is 48.9 Å². The van der Waals surface area contributed by atoms with Gasteiger partial charge in [0, 0.05) is 31.6 Å². The van der Waals surface area contributed by atoms with Crippen molar-refractivity contribution in [2.45, 2.75) is 26.1 Å². The number of hydrogen-bond donors (Lipinski definition) is 0. The van der Waals surface area contributed by atoms with Gasteiger partial charge in [0.15, 0.2) is 5.82 Å². The molecule has 4 aromatic heterocycles. The lowest BCUT2D eigenvalue weighted by atomic mass is 9.98. The van der Waals surface area contributed by atoms with Crippen molar-refractivity contribution in [2.24, 2.45) is 0 Å². The second kappa shape index (κ2) is 8.48. The molecule has 0 spiro atoms. The molecule has 1 unspecified atom stereocenters. The number of pyridine rings is 1. The van der Waals surface area contributed by atoms with Gasteiger partial charge in [-0.2, -0.15) is 5.10 Å². The van der Waals surface area contributed by atoms with Gasteiger partial charge < -0.3 is 4.74 Å². The van der Waals surface area contributed by atoms with Crippen LogP contribution >= 0.6 is 11.3 Å². The van der Waals surface area contributed by atoms with Crippen molar-refractivity contribution in [1.29, 1.82) is 0 Å². The van der Waals surface area contributed by atoms with E-state index in [9.17, 15) is 4.79 Å². The molecule has 4 heterocycles. The van der Waals surface area contributed by atoms with Crippen molar-refractivity contribution in [3.8, 4) is 5.82 Å². The maximum absolute atomic E-state index is 12.2. The fraction of sp³-hybridized carbons (Fsp3) is 0.227. The van der Waals surface area contributed by atoms with Gasteiger partial charge in [-0.3, -0.25) is 9.36 Å². The topological polar surface area (TPSA) is 92.7 Å². The van der Waals surface area contributed by atoms with E-state index in [0.29, 0.717) is 6.54 Å². The maximum atomic E-state index is 12.2. The lowest BCUT2D eigenvalue weighted by Gasteiger charge is -2.10. The number of methoxy groups -OCH3 is 1. The maximum Gasteiger partial charge on any atom is 0.310 e. The number of nitrogens with zero attached hydrogens (tertiary/aromatic N) is 7. The predicted octanol–water partition coefficient (Wildman–Crippen LogP) is 3.04. The molecule has 10 heteroatoms. The Morgan fingerprint density at radius 3 is 2.81 bits per heavy atom. The number of ether oxygens (including phenoxy) is 1. The van der Waals surface area contributed by atoms with Crippen molar-refractivity contribution in [1.82, 2.24) is 34.3 Å². The summed E-state index contributed by atoms with van der Waals surface area (Å²) in [5.41, 5.74) is 3.96. The van der Waals surface area contributed by atoms with Crippen LogP contribution in [0, 0.1) is 0 Å². The smallest absolute Gasteiger partial charge is 0.310 e. The summed E-state index contributed by atoms with van der Waals surface area (Å²) in [6.45, 7) is 2.98. The van der Waals surface area contributed by atoms with Crippen LogP contribution < -0.4 is 4.87 Å². The fourth-order valence-corrected chi connectivity index (χ4v) is 4.55. The van der Waals surface area contributed by atoms with Crippen molar-refractivity contribution in [2.75, 3.05) is 7.11 Å². The summed E-state index contributed by atoms with van der Waals surface area (Å²) in [7, 11) is 1.59. The Bertz CT molecular complexity index is 1400. The van der Waals surface area contributed by atoms with Gasteiger partial charge >= 0.3 is 4.87 Å². The number of fused-ring (bicyclic) bond motifs is 1. The minimum absolute atomic E-state index is 0.0192. The third-order valence-corrected chi connectivity index (χ3v) is 6.31. The summed E-state index contributed by atoms with van der Waals surface area (Å²) in [5.74, 6) is 0.816. The summed E-state index contributed by atoms with van der Waals surface area (Å²) < 4.78 is 11.3. The Hall–Kier alpha value is -3.63. The Morgan fingerprint density at radius 1 is 1.16 bits per heavy atom. The average molecular weight is 448 g/mol. The van der Waals surface area contributed by atoms with Gasteiger partial charge in [0.25, 0.3) is 0 Å². The monoisotopic (exact) mass is 447 g/mol. The Morgan fingerprint density at radius 2 is 2.06 bits per heavy atom. The molecule has 32 heavy (non-hydrogen) atoms. The van der Waals surface area contributed by atoms with E-state index >= 15 is 0 Å². The molecule has 0 saturated heterocycles. The van der Waals surface area contributed by atoms with Crippen LogP contribution in [0.25, 0.3) is 16.0 Å². The van der Waals surface area contributed by atoms with E-state index in [1.54, 1.807) is 27.2 Å². The lowest BCUT2D eigenvalue weighted by molar-refractivity contribution is 0.133. The highest BCUT2D eigenvalue weighted by molar-refractivity contribution is 7.16. The molecule has 0 aliphatic rings. The Labute approximate surface area is 187 Å². The molecule has 0 saturated carbocycles. The van der Waals surface area contributed by atoms with E-state index in [-0.39, 0.29) is 17.5 Å². The first-order valence-electron chi connectivity index (χ1n) is 10.1.